The Balaban J connectivity index is 2.45. The maximum absolute atomic E-state index is 12.8. The molecular weight excluding hydrogens is 285 g/mol. The smallest absolute Gasteiger partial charge is 0.365 e. The van der Waals surface area contributed by atoms with Gasteiger partial charge < -0.3 is 11.6 Å². The number of nitrogens with zero attached hydrogens (tertiary/aromatic N) is 2. The van der Waals surface area contributed by atoms with Crippen LogP contribution in [0.5, 0.6) is 0 Å². The van der Waals surface area contributed by atoms with Crippen molar-refractivity contribution in [2.24, 2.45) is 5.73 Å². The number of hydrogen-bond acceptors (Lipinski definition) is 3. The van der Waals surface area contributed by atoms with Gasteiger partial charge in [0.15, 0.2) is 0 Å². The van der Waals surface area contributed by atoms with Crippen molar-refractivity contribution in [3.05, 3.63) is 41.7 Å². The fraction of sp³-hybridized carbons (Fsp3) is 0.0769. The number of amides is 1. The number of hydrogen-bond donors (Lipinski definition) is 2. The number of pyridine rings is 1. The fourth-order valence-electron chi connectivity index (χ4n) is 2.35. The third-order valence-electron chi connectivity index (χ3n) is 3.30. The van der Waals surface area contributed by atoms with Gasteiger partial charge in [-0.3, -0.25) is 14.5 Å². The monoisotopic (exact) mass is 294 g/mol. The second-order valence-electron chi connectivity index (χ2n) is 4.55. The molecule has 4 N–H and O–H groups in total. The Bertz CT molecular complexity index is 882. The minimum absolute atomic E-state index is 0.0553. The number of fused-ring (bicyclic) bond motifs is 3. The maximum Gasteiger partial charge on any atom is 0.416 e. The van der Waals surface area contributed by atoms with Crippen LogP contribution in [0.15, 0.2) is 30.6 Å². The number of alkyl halides is 3. The Morgan fingerprint density at radius 2 is 1.90 bits per heavy atom. The summed E-state index contributed by atoms with van der Waals surface area (Å²) in [6.07, 6.45) is -1.81. The first kappa shape index (κ1) is 13.2. The molecule has 0 aliphatic carbocycles. The van der Waals surface area contributed by atoms with Gasteiger partial charge in [-0.15, -0.1) is 0 Å². The standard InChI is InChI=1S/C13H9F3N4O/c14-13(15,16)6-1-2-7-8-4-19-5-9(12(17)21)11(8)20(18)10(7)3-6/h1-5H,18H2,(H2,17,21). The van der Waals surface area contributed by atoms with Crippen LogP contribution in [0.25, 0.3) is 21.8 Å². The van der Waals surface area contributed by atoms with Crippen LogP contribution in [0.1, 0.15) is 15.9 Å². The van der Waals surface area contributed by atoms with Crippen LogP contribution in [0, 0.1) is 0 Å². The molecule has 0 aliphatic heterocycles. The Morgan fingerprint density at radius 1 is 1.19 bits per heavy atom. The average molecular weight is 294 g/mol. The highest BCUT2D eigenvalue weighted by molar-refractivity contribution is 6.14. The topological polar surface area (TPSA) is 86.9 Å². The molecule has 8 heteroatoms. The van der Waals surface area contributed by atoms with Crippen molar-refractivity contribution >= 4 is 27.7 Å². The number of nitrogens with two attached hydrogens (primary N) is 2. The predicted octanol–water partition coefficient (Wildman–Crippen LogP) is 2.02. The number of benzene rings is 1. The first-order valence-corrected chi connectivity index (χ1v) is 5.85. The van der Waals surface area contributed by atoms with Crippen LogP contribution in [0.2, 0.25) is 0 Å². The van der Waals surface area contributed by atoms with E-state index >= 15 is 0 Å². The number of primary amides is 1. The van der Waals surface area contributed by atoms with Crippen molar-refractivity contribution in [2.75, 3.05) is 5.84 Å². The maximum atomic E-state index is 12.8. The van der Waals surface area contributed by atoms with Crippen LogP contribution < -0.4 is 11.6 Å². The third-order valence-corrected chi connectivity index (χ3v) is 3.30. The van der Waals surface area contributed by atoms with Gasteiger partial charge in [0.25, 0.3) is 5.91 Å². The summed E-state index contributed by atoms with van der Waals surface area (Å²) in [6.45, 7) is 0. The van der Waals surface area contributed by atoms with E-state index in [2.05, 4.69) is 4.98 Å². The molecule has 0 radical (unpaired) electrons. The van der Waals surface area contributed by atoms with E-state index in [0.29, 0.717) is 10.8 Å². The van der Waals surface area contributed by atoms with Gasteiger partial charge in [-0.1, -0.05) is 6.07 Å². The number of nitrogen functional groups attached to an aromatic ring is 1. The number of carbonyl (C=O) groups excluding carboxylic acids is 1. The summed E-state index contributed by atoms with van der Waals surface area (Å²) in [5.41, 5.74) is 4.88. The lowest BCUT2D eigenvalue weighted by molar-refractivity contribution is -0.137. The van der Waals surface area contributed by atoms with Gasteiger partial charge in [0.2, 0.25) is 0 Å². The minimum atomic E-state index is -4.48. The molecule has 0 unspecified atom stereocenters. The van der Waals surface area contributed by atoms with Gasteiger partial charge in [-0.05, 0) is 12.1 Å². The number of aromatic nitrogens is 2. The van der Waals surface area contributed by atoms with Crippen molar-refractivity contribution in [2.45, 2.75) is 6.18 Å². The summed E-state index contributed by atoms with van der Waals surface area (Å²) >= 11 is 0. The zero-order valence-electron chi connectivity index (χ0n) is 10.5. The molecule has 3 rings (SSSR count). The minimum Gasteiger partial charge on any atom is -0.365 e. The molecule has 0 fully saturated rings. The van der Waals surface area contributed by atoms with Crippen LogP contribution in [-0.4, -0.2) is 15.6 Å². The Morgan fingerprint density at radius 3 is 2.52 bits per heavy atom. The molecule has 5 nitrogen and oxygen atoms in total. The molecule has 0 saturated heterocycles. The summed E-state index contributed by atoms with van der Waals surface area (Å²) in [6, 6.07) is 3.19. The lowest BCUT2D eigenvalue weighted by atomic mass is 10.1. The van der Waals surface area contributed by atoms with E-state index in [9.17, 15) is 18.0 Å². The highest BCUT2D eigenvalue weighted by Crippen LogP contribution is 2.34. The fourth-order valence-corrected chi connectivity index (χ4v) is 2.35. The van der Waals surface area contributed by atoms with E-state index in [0.717, 1.165) is 16.8 Å². The second-order valence-corrected chi connectivity index (χ2v) is 4.55. The zero-order chi connectivity index (χ0) is 15.4. The molecule has 0 spiro atoms. The Labute approximate surface area is 115 Å². The van der Waals surface area contributed by atoms with E-state index in [1.165, 1.54) is 18.5 Å². The first-order valence-electron chi connectivity index (χ1n) is 5.85. The summed E-state index contributed by atoms with van der Waals surface area (Å²) in [5, 5.41) is 0.939. The lowest BCUT2D eigenvalue weighted by Gasteiger charge is -2.07. The molecule has 21 heavy (non-hydrogen) atoms. The molecule has 2 aromatic heterocycles. The van der Waals surface area contributed by atoms with Crippen LogP contribution in [0.4, 0.5) is 13.2 Å². The quantitative estimate of drug-likeness (QED) is 0.673. The summed E-state index contributed by atoms with van der Waals surface area (Å²) in [7, 11) is 0. The molecule has 0 saturated carbocycles. The first-order chi connectivity index (χ1) is 9.80. The van der Waals surface area contributed by atoms with Crippen molar-refractivity contribution in [1.29, 1.82) is 0 Å². The van der Waals surface area contributed by atoms with E-state index < -0.39 is 17.6 Å². The zero-order valence-corrected chi connectivity index (χ0v) is 10.5. The van der Waals surface area contributed by atoms with Gasteiger partial charge >= 0.3 is 6.18 Å². The van der Waals surface area contributed by atoms with Crippen molar-refractivity contribution in [1.82, 2.24) is 9.66 Å². The molecular formula is C13H9F3N4O. The van der Waals surface area contributed by atoms with Crippen molar-refractivity contribution in [3.8, 4) is 0 Å². The van der Waals surface area contributed by atoms with Crippen LogP contribution >= 0.6 is 0 Å². The number of halogens is 3. The molecule has 1 aromatic carbocycles. The molecule has 0 aliphatic rings. The van der Waals surface area contributed by atoms with Gasteiger partial charge in [0.05, 0.1) is 22.2 Å². The van der Waals surface area contributed by atoms with Crippen molar-refractivity contribution in [3.63, 3.8) is 0 Å². The van der Waals surface area contributed by atoms with Gasteiger partial charge in [0.1, 0.15) is 0 Å². The van der Waals surface area contributed by atoms with Gasteiger partial charge in [0, 0.05) is 23.2 Å². The normalized spacial score (nSPS) is 12.1. The van der Waals surface area contributed by atoms with Crippen LogP contribution in [-0.2, 0) is 6.18 Å². The summed E-state index contributed by atoms with van der Waals surface area (Å²) in [4.78, 5) is 15.3. The SMILES string of the molecule is NC(=O)c1cncc2c3ccc(C(F)(F)F)cc3n(N)c12. The lowest BCUT2D eigenvalue weighted by Crippen LogP contribution is -2.16. The summed E-state index contributed by atoms with van der Waals surface area (Å²) in [5.74, 6) is 5.09. The van der Waals surface area contributed by atoms with E-state index in [1.54, 1.807) is 0 Å². The Kier molecular flexibility index (Phi) is 2.59. The number of rotatable bonds is 1. The van der Waals surface area contributed by atoms with E-state index in [1.807, 2.05) is 0 Å². The highest BCUT2D eigenvalue weighted by Gasteiger charge is 2.31. The molecule has 2 heterocycles. The molecule has 3 aromatic rings. The Hall–Kier alpha value is -2.77. The molecule has 108 valence electrons. The molecule has 0 bridgehead atoms. The van der Waals surface area contributed by atoms with E-state index in [-0.39, 0.29) is 16.6 Å². The number of carbonyl (C=O) groups is 1. The van der Waals surface area contributed by atoms with Gasteiger partial charge in [-0.25, -0.2) is 0 Å². The molecule has 0 atom stereocenters. The predicted molar refractivity (Wildman–Crippen MR) is 70.9 cm³/mol. The average Bonchev–Trinajstić information content (AvgIpc) is 2.71. The third kappa shape index (κ3) is 1.87. The molecule has 1 amide bonds. The van der Waals surface area contributed by atoms with Gasteiger partial charge in [-0.2, -0.15) is 13.2 Å². The van der Waals surface area contributed by atoms with Crippen LogP contribution in [0.3, 0.4) is 0 Å². The second kappa shape index (κ2) is 4.11. The van der Waals surface area contributed by atoms with Crippen molar-refractivity contribution < 1.29 is 18.0 Å². The highest BCUT2D eigenvalue weighted by atomic mass is 19.4. The van der Waals surface area contributed by atoms with E-state index in [4.69, 9.17) is 11.6 Å². The summed E-state index contributed by atoms with van der Waals surface area (Å²) < 4.78 is 39.4. The largest absolute Gasteiger partial charge is 0.416 e.